The standard InChI is InChI=1S/C11H12BrClO2/c1-3-15-11(14)8-4-9(6-12)7(2)10(13)5-8/h4-5H,3,6H2,1-2H3. The second kappa shape index (κ2) is 5.52. The lowest BCUT2D eigenvalue weighted by atomic mass is 10.1. The molecule has 0 atom stereocenters. The van der Waals surface area contributed by atoms with Gasteiger partial charge in [0, 0.05) is 10.4 Å². The Balaban J connectivity index is 3.10. The fourth-order valence-corrected chi connectivity index (χ4v) is 2.03. The molecule has 0 saturated heterocycles. The van der Waals surface area contributed by atoms with E-state index in [9.17, 15) is 4.79 Å². The largest absolute Gasteiger partial charge is 0.462 e. The van der Waals surface area contributed by atoms with E-state index in [1.807, 2.05) is 6.92 Å². The fourth-order valence-electron chi connectivity index (χ4n) is 1.21. The fraction of sp³-hybridized carbons (Fsp3) is 0.364. The third-order valence-electron chi connectivity index (χ3n) is 2.11. The van der Waals surface area contributed by atoms with Crippen molar-refractivity contribution in [3.05, 3.63) is 33.8 Å². The van der Waals surface area contributed by atoms with Gasteiger partial charge in [-0.05, 0) is 37.1 Å². The van der Waals surface area contributed by atoms with Crippen molar-refractivity contribution >= 4 is 33.5 Å². The molecule has 0 unspecified atom stereocenters. The van der Waals surface area contributed by atoms with Crippen LogP contribution >= 0.6 is 27.5 Å². The van der Waals surface area contributed by atoms with Crippen molar-refractivity contribution in [3.63, 3.8) is 0 Å². The highest BCUT2D eigenvalue weighted by Crippen LogP contribution is 2.23. The zero-order valence-electron chi connectivity index (χ0n) is 8.64. The van der Waals surface area contributed by atoms with E-state index in [0.29, 0.717) is 22.5 Å². The van der Waals surface area contributed by atoms with Crippen LogP contribution in [-0.2, 0) is 10.1 Å². The Hall–Kier alpha value is -0.540. The van der Waals surface area contributed by atoms with Crippen molar-refractivity contribution < 1.29 is 9.53 Å². The third-order valence-corrected chi connectivity index (χ3v) is 3.10. The van der Waals surface area contributed by atoms with Crippen molar-refractivity contribution in [3.8, 4) is 0 Å². The van der Waals surface area contributed by atoms with Crippen LogP contribution in [0.15, 0.2) is 12.1 Å². The maximum Gasteiger partial charge on any atom is 0.338 e. The average Bonchev–Trinajstić information content (AvgIpc) is 2.22. The smallest absolute Gasteiger partial charge is 0.338 e. The summed E-state index contributed by atoms with van der Waals surface area (Å²) in [6.07, 6.45) is 0. The predicted octanol–water partition coefficient (Wildman–Crippen LogP) is 3.72. The van der Waals surface area contributed by atoms with Crippen molar-refractivity contribution in [2.45, 2.75) is 19.2 Å². The van der Waals surface area contributed by atoms with Gasteiger partial charge in [0.25, 0.3) is 0 Å². The number of hydrogen-bond donors (Lipinski definition) is 0. The van der Waals surface area contributed by atoms with Crippen LogP contribution in [0.5, 0.6) is 0 Å². The average molecular weight is 292 g/mol. The van der Waals surface area contributed by atoms with Gasteiger partial charge < -0.3 is 4.74 Å². The van der Waals surface area contributed by atoms with Crippen LogP contribution in [0.3, 0.4) is 0 Å². The van der Waals surface area contributed by atoms with Gasteiger partial charge in [0.2, 0.25) is 0 Å². The SMILES string of the molecule is CCOC(=O)c1cc(Cl)c(C)c(CBr)c1. The van der Waals surface area contributed by atoms with Crippen LogP contribution < -0.4 is 0 Å². The lowest BCUT2D eigenvalue weighted by molar-refractivity contribution is 0.0526. The van der Waals surface area contributed by atoms with E-state index in [2.05, 4.69) is 15.9 Å². The van der Waals surface area contributed by atoms with Gasteiger partial charge in [-0.15, -0.1) is 0 Å². The van der Waals surface area contributed by atoms with Crippen molar-refractivity contribution in [1.29, 1.82) is 0 Å². The van der Waals surface area contributed by atoms with Crippen LogP contribution in [0.2, 0.25) is 5.02 Å². The van der Waals surface area contributed by atoms with Gasteiger partial charge >= 0.3 is 5.97 Å². The Labute approximate surface area is 103 Å². The second-order valence-electron chi connectivity index (χ2n) is 3.10. The van der Waals surface area contributed by atoms with E-state index in [0.717, 1.165) is 11.1 Å². The molecule has 0 saturated carbocycles. The molecule has 1 aromatic rings. The van der Waals surface area contributed by atoms with Crippen LogP contribution in [0.4, 0.5) is 0 Å². The van der Waals surface area contributed by atoms with E-state index in [1.165, 1.54) is 0 Å². The summed E-state index contributed by atoms with van der Waals surface area (Å²) >= 11 is 9.37. The number of benzene rings is 1. The molecule has 0 fully saturated rings. The number of carbonyl (C=O) groups excluding carboxylic acids is 1. The topological polar surface area (TPSA) is 26.3 Å². The van der Waals surface area contributed by atoms with Crippen molar-refractivity contribution in [2.75, 3.05) is 6.61 Å². The van der Waals surface area contributed by atoms with Crippen LogP contribution in [0.1, 0.15) is 28.4 Å². The van der Waals surface area contributed by atoms with Gasteiger partial charge in [-0.3, -0.25) is 0 Å². The van der Waals surface area contributed by atoms with Gasteiger partial charge in [0.1, 0.15) is 0 Å². The molecule has 1 aromatic carbocycles. The number of halogens is 2. The summed E-state index contributed by atoms with van der Waals surface area (Å²) < 4.78 is 4.91. The van der Waals surface area contributed by atoms with E-state index in [4.69, 9.17) is 16.3 Å². The summed E-state index contributed by atoms with van der Waals surface area (Å²) in [7, 11) is 0. The lowest BCUT2D eigenvalue weighted by Gasteiger charge is -2.08. The molecule has 1 rings (SSSR count). The number of carbonyl (C=O) groups is 1. The summed E-state index contributed by atoms with van der Waals surface area (Å²) in [6.45, 7) is 4.07. The van der Waals surface area contributed by atoms with Crippen LogP contribution in [0, 0.1) is 6.92 Å². The maximum atomic E-state index is 11.5. The molecule has 0 aliphatic rings. The molecular formula is C11H12BrClO2. The summed E-state index contributed by atoms with van der Waals surface area (Å²) in [4.78, 5) is 11.5. The highest BCUT2D eigenvalue weighted by Gasteiger charge is 2.11. The quantitative estimate of drug-likeness (QED) is 0.627. The minimum Gasteiger partial charge on any atom is -0.462 e. The molecule has 0 radical (unpaired) electrons. The van der Waals surface area contributed by atoms with Crippen LogP contribution in [-0.4, -0.2) is 12.6 Å². The predicted molar refractivity (Wildman–Crippen MR) is 64.8 cm³/mol. The summed E-state index contributed by atoms with van der Waals surface area (Å²) in [6, 6.07) is 3.44. The molecule has 4 heteroatoms. The molecule has 0 bridgehead atoms. The van der Waals surface area contributed by atoms with Crippen molar-refractivity contribution in [1.82, 2.24) is 0 Å². The lowest BCUT2D eigenvalue weighted by Crippen LogP contribution is -2.05. The van der Waals surface area contributed by atoms with Gasteiger partial charge in [0.05, 0.1) is 12.2 Å². The number of rotatable bonds is 3. The zero-order valence-corrected chi connectivity index (χ0v) is 11.0. The molecule has 82 valence electrons. The number of esters is 1. The monoisotopic (exact) mass is 290 g/mol. The van der Waals surface area contributed by atoms with E-state index < -0.39 is 0 Å². The van der Waals surface area contributed by atoms with Gasteiger partial charge in [-0.25, -0.2) is 4.79 Å². The minimum atomic E-state index is -0.332. The molecule has 0 N–H and O–H groups in total. The Morgan fingerprint density at radius 3 is 2.73 bits per heavy atom. The molecule has 0 spiro atoms. The Morgan fingerprint density at radius 1 is 1.53 bits per heavy atom. The van der Waals surface area contributed by atoms with Crippen LogP contribution in [0.25, 0.3) is 0 Å². The number of ether oxygens (including phenoxy) is 1. The molecule has 2 nitrogen and oxygen atoms in total. The van der Waals surface area contributed by atoms with E-state index >= 15 is 0 Å². The first-order valence-corrected chi connectivity index (χ1v) is 6.12. The van der Waals surface area contributed by atoms with Crippen molar-refractivity contribution in [2.24, 2.45) is 0 Å². The second-order valence-corrected chi connectivity index (χ2v) is 4.06. The summed E-state index contributed by atoms with van der Waals surface area (Å²) in [5.74, 6) is -0.332. The molecule has 0 aromatic heterocycles. The maximum absolute atomic E-state index is 11.5. The molecule has 0 aliphatic heterocycles. The highest BCUT2D eigenvalue weighted by atomic mass is 79.9. The summed E-state index contributed by atoms with van der Waals surface area (Å²) in [5, 5.41) is 1.27. The molecule has 0 amide bonds. The normalized spacial score (nSPS) is 10.1. The number of hydrogen-bond acceptors (Lipinski definition) is 2. The molecular weight excluding hydrogens is 279 g/mol. The zero-order chi connectivity index (χ0) is 11.4. The number of alkyl halides is 1. The molecule has 0 heterocycles. The van der Waals surface area contributed by atoms with E-state index in [-0.39, 0.29) is 5.97 Å². The third kappa shape index (κ3) is 2.95. The first kappa shape index (κ1) is 12.5. The Morgan fingerprint density at radius 2 is 2.20 bits per heavy atom. The first-order chi connectivity index (χ1) is 7.10. The summed E-state index contributed by atoms with van der Waals surface area (Å²) in [5.41, 5.74) is 2.49. The highest BCUT2D eigenvalue weighted by molar-refractivity contribution is 9.08. The van der Waals surface area contributed by atoms with Gasteiger partial charge in [0.15, 0.2) is 0 Å². The Bertz CT molecular complexity index is 377. The first-order valence-electron chi connectivity index (χ1n) is 4.62. The molecule has 0 aliphatic carbocycles. The van der Waals surface area contributed by atoms with Gasteiger partial charge in [-0.2, -0.15) is 0 Å². The molecule has 15 heavy (non-hydrogen) atoms. The van der Waals surface area contributed by atoms with E-state index in [1.54, 1.807) is 19.1 Å². The Kier molecular flexibility index (Phi) is 4.61. The van der Waals surface area contributed by atoms with Gasteiger partial charge in [-0.1, -0.05) is 27.5 Å². The minimum absolute atomic E-state index is 0.332.